The van der Waals surface area contributed by atoms with Crippen molar-refractivity contribution in [3.8, 4) is 22.7 Å². The third-order valence-corrected chi connectivity index (χ3v) is 7.13. The fourth-order valence-electron chi connectivity index (χ4n) is 4.32. The summed E-state index contributed by atoms with van der Waals surface area (Å²) < 4.78 is 11.2. The van der Waals surface area contributed by atoms with Gasteiger partial charge < -0.3 is 14.6 Å². The van der Waals surface area contributed by atoms with E-state index in [9.17, 15) is 9.59 Å². The summed E-state index contributed by atoms with van der Waals surface area (Å²) in [6.07, 6.45) is 2.15. The molecule has 1 saturated carbocycles. The summed E-state index contributed by atoms with van der Waals surface area (Å²) in [6, 6.07) is 15.8. The van der Waals surface area contributed by atoms with Gasteiger partial charge in [0.05, 0.1) is 22.8 Å². The number of carbonyl (C=O) groups excluding carboxylic acids is 1. The van der Waals surface area contributed by atoms with Crippen LogP contribution in [0.5, 0.6) is 5.75 Å². The summed E-state index contributed by atoms with van der Waals surface area (Å²) in [4.78, 5) is 30.8. The van der Waals surface area contributed by atoms with E-state index < -0.39 is 0 Å². The smallest absolute Gasteiger partial charge is 0.297 e. The Kier molecular flexibility index (Phi) is 4.80. The van der Waals surface area contributed by atoms with Crippen molar-refractivity contribution in [1.29, 1.82) is 0 Å². The quantitative estimate of drug-likeness (QED) is 0.488. The molecule has 8 nitrogen and oxygen atoms in total. The van der Waals surface area contributed by atoms with Crippen LogP contribution in [0.2, 0.25) is 0 Å². The minimum absolute atomic E-state index is 0.0346. The van der Waals surface area contributed by atoms with E-state index in [-0.39, 0.29) is 18.1 Å². The van der Waals surface area contributed by atoms with Crippen molar-refractivity contribution >= 4 is 28.6 Å². The molecule has 1 fully saturated rings. The average Bonchev–Trinajstić information content (AvgIpc) is 3.56. The van der Waals surface area contributed by atoms with Gasteiger partial charge in [-0.1, -0.05) is 18.2 Å². The molecular weight excluding hydrogens is 450 g/mol. The zero-order valence-corrected chi connectivity index (χ0v) is 19.6. The maximum atomic E-state index is 13.4. The number of ether oxygens (including phenoxy) is 1. The fraction of sp³-hybridized carbons (Fsp3) is 0.240. The fourth-order valence-corrected chi connectivity index (χ4v) is 5.29. The van der Waals surface area contributed by atoms with E-state index in [1.165, 1.54) is 11.3 Å². The molecule has 0 atom stereocenters. The summed E-state index contributed by atoms with van der Waals surface area (Å²) in [6.45, 7) is 1.95. The molecular formula is C25H23N5O3S. The number of carbonyl (C=O) groups is 1. The molecule has 0 spiro atoms. The number of para-hydroxylation sites is 1. The lowest BCUT2D eigenvalue weighted by Gasteiger charge is -2.18. The van der Waals surface area contributed by atoms with Gasteiger partial charge in [-0.05, 0) is 50.1 Å². The Bertz CT molecular complexity index is 1550. The van der Waals surface area contributed by atoms with E-state index in [1.54, 1.807) is 4.68 Å². The zero-order valence-electron chi connectivity index (χ0n) is 18.8. The van der Waals surface area contributed by atoms with Crippen LogP contribution >= 0.6 is 11.3 Å². The van der Waals surface area contributed by atoms with E-state index in [0.717, 1.165) is 40.3 Å². The Balaban J connectivity index is 1.49. The molecule has 2 aliphatic rings. The van der Waals surface area contributed by atoms with Crippen molar-refractivity contribution in [2.75, 3.05) is 11.9 Å². The number of nitrogens with one attached hydrogen (secondary N) is 1. The first-order valence-electron chi connectivity index (χ1n) is 11.2. The first-order valence-corrected chi connectivity index (χ1v) is 12.0. The topological polar surface area (TPSA) is 82.6 Å². The standard InChI is InChI=1S/C25H23N5O3S/c1-15-23(24(32)30(28(15)2)18-6-4-3-5-7-18)27-25-29(17-9-10-17)20(14-34-25)16-8-11-21-19(12-16)26-22(31)13-33-21/h3-8,11-12,14,17H,9-10,13H2,1-2H3,(H,26,31). The van der Waals surface area contributed by atoms with E-state index in [4.69, 9.17) is 9.73 Å². The van der Waals surface area contributed by atoms with Gasteiger partial charge in [-0.2, -0.15) is 0 Å². The van der Waals surface area contributed by atoms with Gasteiger partial charge in [0.2, 0.25) is 0 Å². The molecule has 2 aromatic heterocycles. The molecule has 1 aliphatic carbocycles. The summed E-state index contributed by atoms with van der Waals surface area (Å²) in [5.74, 6) is 0.512. The van der Waals surface area contributed by atoms with Gasteiger partial charge in [0.1, 0.15) is 5.75 Å². The maximum Gasteiger partial charge on any atom is 0.297 e. The number of amides is 1. The molecule has 1 aliphatic heterocycles. The summed E-state index contributed by atoms with van der Waals surface area (Å²) >= 11 is 1.52. The van der Waals surface area contributed by atoms with Crippen LogP contribution in [-0.4, -0.2) is 26.4 Å². The molecule has 172 valence electrons. The van der Waals surface area contributed by atoms with Gasteiger partial charge in [-0.25, -0.2) is 9.67 Å². The SMILES string of the molecule is Cc1c(N=c2scc(-c3ccc4c(c3)NC(=O)CO4)n2C2CC2)c(=O)n(-c2ccccc2)n1C. The van der Waals surface area contributed by atoms with Crippen LogP contribution in [0, 0.1) is 6.92 Å². The van der Waals surface area contributed by atoms with Crippen molar-refractivity contribution in [3.05, 3.63) is 74.8 Å². The number of fused-ring (bicyclic) bond motifs is 1. The van der Waals surface area contributed by atoms with Gasteiger partial charge in [0.15, 0.2) is 17.1 Å². The first-order chi connectivity index (χ1) is 16.5. The Labute approximate surface area is 199 Å². The number of thiazole rings is 1. The average molecular weight is 474 g/mol. The lowest BCUT2D eigenvalue weighted by Crippen LogP contribution is -2.25. The molecule has 9 heteroatoms. The molecule has 4 aromatic rings. The molecule has 2 aromatic carbocycles. The van der Waals surface area contributed by atoms with Gasteiger partial charge >= 0.3 is 0 Å². The van der Waals surface area contributed by atoms with Crippen molar-refractivity contribution in [1.82, 2.24) is 13.9 Å². The second kappa shape index (κ2) is 7.88. The van der Waals surface area contributed by atoms with Crippen LogP contribution in [0.4, 0.5) is 11.4 Å². The Morgan fingerprint density at radius 1 is 1.12 bits per heavy atom. The molecule has 34 heavy (non-hydrogen) atoms. The Morgan fingerprint density at radius 2 is 1.91 bits per heavy atom. The third kappa shape index (κ3) is 3.40. The maximum absolute atomic E-state index is 13.4. The van der Waals surface area contributed by atoms with Crippen molar-refractivity contribution < 1.29 is 9.53 Å². The summed E-state index contributed by atoms with van der Waals surface area (Å²) in [5, 5.41) is 4.95. The lowest BCUT2D eigenvalue weighted by atomic mass is 10.1. The zero-order chi connectivity index (χ0) is 23.4. The number of hydrogen-bond donors (Lipinski definition) is 1. The van der Waals surface area contributed by atoms with Crippen molar-refractivity contribution in [2.45, 2.75) is 25.8 Å². The molecule has 0 radical (unpaired) electrons. The van der Waals surface area contributed by atoms with E-state index in [2.05, 4.69) is 15.3 Å². The predicted molar refractivity (Wildman–Crippen MR) is 131 cm³/mol. The highest BCUT2D eigenvalue weighted by atomic mass is 32.1. The van der Waals surface area contributed by atoms with E-state index in [1.807, 2.05) is 67.2 Å². The van der Waals surface area contributed by atoms with Crippen LogP contribution in [0.3, 0.4) is 0 Å². The second-order valence-corrected chi connectivity index (χ2v) is 9.41. The van der Waals surface area contributed by atoms with Crippen molar-refractivity contribution in [3.63, 3.8) is 0 Å². The molecule has 0 unspecified atom stereocenters. The number of anilines is 1. The Hall–Kier alpha value is -3.85. The normalized spacial score (nSPS) is 15.7. The molecule has 3 heterocycles. The van der Waals surface area contributed by atoms with Gasteiger partial charge in [-0.15, -0.1) is 11.3 Å². The van der Waals surface area contributed by atoms with Gasteiger partial charge in [-0.3, -0.25) is 14.3 Å². The number of benzene rings is 2. The second-order valence-electron chi connectivity index (χ2n) is 8.57. The van der Waals surface area contributed by atoms with Crippen LogP contribution in [0.25, 0.3) is 16.9 Å². The van der Waals surface area contributed by atoms with Crippen LogP contribution < -0.4 is 20.4 Å². The highest BCUT2D eigenvalue weighted by Gasteiger charge is 2.28. The minimum Gasteiger partial charge on any atom is -0.482 e. The summed E-state index contributed by atoms with van der Waals surface area (Å²) in [5.41, 5.74) is 4.58. The molecule has 1 N–H and O–H groups in total. The highest BCUT2D eigenvalue weighted by molar-refractivity contribution is 7.07. The van der Waals surface area contributed by atoms with Crippen molar-refractivity contribution in [2.24, 2.45) is 12.0 Å². The van der Waals surface area contributed by atoms with E-state index >= 15 is 0 Å². The predicted octanol–water partition coefficient (Wildman–Crippen LogP) is 3.91. The lowest BCUT2D eigenvalue weighted by molar-refractivity contribution is -0.118. The number of hydrogen-bond acceptors (Lipinski definition) is 5. The highest BCUT2D eigenvalue weighted by Crippen LogP contribution is 2.40. The van der Waals surface area contributed by atoms with Crippen LogP contribution in [0.1, 0.15) is 24.6 Å². The largest absolute Gasteiger partial charge is 0.482 e. The molecule has 0 saturated heterocycles. The minimum atomic E-state index is -0.157. The molecule has 6 rings (SSSR count). The van der Waals surface area contributed by atoms with Crippen LogP contribution in [-0.2, 0) is 11.8 Å². The van der Waals surface area contributed by atoms with E-state index in [0.29, 0.717) is 23.2 Å². The summed E-state index contributed by atoms with van der Waals surface area (Å²) in [7, 11) is 1.88. The number of nitrogens with zero attached hydrogens (tertiary/aromatic N) is 4. The van der Waals surface area contributed by atoms with Gasteiger partial charge in [0, 0.05) is 24.0 Å². The first kappa shape index (κ1) is 20.7. The monoisotopic (exact) mass is 473 g/mol. The molecule has 1 amide bonds. The third-order valence-electron chi connectivity index (χ3n) is 6.29. The van der Waals surface area contributed by atoms with Gasteiger partial charge in [0.25, 0.3) is 11.5 Å². The van der Waals surface area contributed by atoms with Crippen LogP contribution in [0.15, 0.2) is 63.7 Å². The number of aromatic nitrogens is 3. The Morgan fingerprint density at radius 3 is 2.68 bits per heavy atom. The number of rotatable bonds is 4. The molecule has 0 bridgehead atoms.